The van der Waals surface area contributed by atoms with Gasteiger partial charge in [-0.2, -0.15) is 4.52 Å². The number of hydrogen-bond donors (Lipinski definition) is 1. The zero-order chi connectivity index (χ0) is 15.6. The molecule has 0 bridgehead atoms. The molecule has 0 aliphatic heterocycles. The van der Waals surface area contributed by atoms with E-state index in [9.17, 15) is 4.39 Å². The molecule has 0 fully saturated rings. The third kappa shape index (κ3) is 2.86. The Kier molecular flexibility index (Phi) is 3.39. The minimum atomic E-state index is -0.304. The molecule has 2 aromatic carbocycles. The van der Waals surface area contributed by atoms with Crippen LogP contribution in [0.3, 0.4) is 0 Å². The smallest absolute Gasteiger partial charge is 0.299 e. The van der Waals surface area contributed by atoms with Gasteiger partial charge in [0.25, 0.3) is 5.19 Å². The molecule has 23 heavy (non-hydrogen) atoms. The molecule has 0 unspecified atom stereocenters. The summed E-state index contributed by atoms with van der Waals surface area (Å²) >= 11 is 1.33. The van der Waals surface area contributed by atoms with E-state index in [1.54, 1.807) is 22.8 Å². The fraction of sp³-hybridized carbons (Fsp3) is 0. The molecule has 2 aromatic heterocycles. The van der Waals surface area contributed by atoms with Crippen molar-refractivity contribution in [2.75, 3.05) is 5.32 Å². The number of ether oxygens (including phenoxy) is 1. The Morgan fingerprint density at radius 1 is 1.09 bits per heavy atom. The molecule has 0 saturated heterocycles. The van der Waals surface area contributed by atoms with Gasteiger partial charge in [-0.05, 0) is 41.7 Å². The largest absolute Gasteiger partial charge is 0.430 e. The van der Waals surface area contributed by atoms with Gasteiger partial charge in [0.2, 0.25) is 4.96 Å². The van der Waals surface area contributed by atoms with Crippen molar-refractivity contribution < 1.29 is 9.13 Å². The molecule has 2 heterocycles. The molecule has 1 N–H and O–H groups in total. The minimum absolute atomic E-state index is 0.304. The molecule has 5 nitrogen and oxygen atoms in total. The highest BCUT2D eigenvalue weighted by Crippen LogP contribution is 2.29. The fourth-order valence-corrected chi connectivity index (χ4v) is 2.85. The predicted octanol–water partition coefficient (Wildman–Crippen LogP) is 4.47. The Morgan fingerprint density at radius 3 is 2.78 bits per heavy atom. The van der Waals surface area contributed by atoms with Crippen molar-refractivity contribution in [3.63, 3.8) is 0 Å². The van der Waals surface area contributed by atoms with Crippen LogP contribution < -0.4 is 10.1 Å². The highest BCUT2D eigenvalue weighted by atomic mass is 32.1. The van der Waals surface area contributed by atoms with Crippen LogP contribution in [0.2, 0.25) is 0 Å². The Morgan fingerprint density at radius 2 is 1.96 bits per heavy atom. The second kappa shape index (κ2) is 5.69. The van der Waals surface area contributed by atoms with Crippen LogP contribution >= 0.6 is 11.3 Å². The van der Waals surface area contributed by atoms with E-state index >= 15 is 0 Å². The van der Waals surface area contributed by atoms with Gasteiger partial charge in [0.1, 0.15) is 11.6 Å². The normalized spacial score (nSPS) is 10.8. The van der Waals surface area contributed by atoms with Crippen LogP contribution in [-0.2, 0) is 0 Å². The number of fused-ring (bicyclic) bond motifs is 1. The Labute approximate surface area is 135 Å². The first kappa shape index (κ1) is 13.7. The van der Waals surface area contributed by atoms with Crippen molar-refractivity contribution >= 4 is 27.8 Å². The van der Waals surface area contributed by atoms with E-state index < -0.39 is 0 Å². The van der Waals surface area contributed by atoms with Gasteiger partial charge in [-0.15, -0.1) is 5.10 Å². The number of aromatic nitrogens is 3. The lowest BCUT2D eigenvalue weighted by molar-refractivity contribution is 0.471. The zero-order valence-corrected chi connectivity index (χ0v) is 12.6. The Hall–Kier alpha value is -2.93. The SMILES string of the molecule is Fc1cccc(Nc2cnc3sc(Oc4ccccc4)nn23)c1. The van der Waals surface area contributed by atoms with Crippen molar-refractivity contribution in [1.82, 2.24) is 14.6 Å². The third-order valence-electron chi connectivity index (χ3n) is 3.11. The predicted molar refractivity (Wildman–Crippen MR) is 87.1 cm³/mol. The van der Waals surface area contributed by atoms with Crippen LogP contribution in [0.15, 0.2) is 60.8 Å². The number of rotatable bonds is 4. The molecule has 114 valence electrons. The number of anilines is 2. The van der Waals surface area contributed by atoms with Gasteiger partial charge in [0.15, 0.2) is 5.82 Å². The molecule has 0 aliphatic carbocycles. The van der Waals surface area contributed by atoms with E-state index in [1.165, 1.54) is 23.5 Å². The average molecular weight is 326 g/mol. The first-order chi connectivity index (χ1) is 11.3. The van der Waals surface area contributed by atoms with Gasteiger partial charge in [-0.1, -0.05) is 24.3 Å². The summed E-state index contributed by atoms with van der Waals surface area (Å²) < 4.78 is 20.6. The van der Waals surface area contributed by atoms with E-state index in [0.717, 1.165) is 0 Å². The van der Waals surface area contributed by atoms with Crippen molar-refractivity contribution in [3.05, 3.63) is 66.6 Å². The van der Waals surface area contributed by atoms with Gasteiger partial charge in [0.05, 0.1) is 6.20 Å². The van der Waals surface area contributed by atoms with Crippen LogP contribution in [0.5, 0.6) is 10.9 Å². The maximum Gasteiger partial charge on any atom is 0.299 e. The molecule has 7 heteroatoms. The van der Waals surface area contributed by atoms with Crippen LogP contribution in [-0.4, -0.2) is 14.6 Å². The number of hydrogen-bond acceptors (Lipinski definition) is 5. The lowest BCUT2D eigenvalue weighted by Crippen LogP contribution is -1.96. The molecular weight excluding hydrogens is 315 g/mol. The average Bonchev–Trinajstić information content (AvgIpc) is 3.10. The van der Waals surface area contributed by atoms with Crippen molar-refractivity contribution in [3.8, 4) is 10.9 Å². The summed E-state index contributed by atoms with van der Waals surface area (Å²) in [6.07, 6.45) is 1.65. The first-order valence-corrected chi connectivity index (χ1v) is 7.70. The molecule has 0 radical (unpaired) electrons. The van der Waals surface area contributed by atoms with E-state index in [2.05, 4.69) is 15.4 Å². The fourth-order valence-electron chi connectivity index (χ4n) is 2.11. The number of imidazole rings is 1. The van der Waals surface area contributed by atoms with Gasteiger partial charge in [-0.3, -0.25) is 0 Å². The quantitative estimate of drug-likeness (QED) is 0.601. The highest BCUT2D eigenvalue weighted by Gasteiger charge is 2.11. The van der Waals surface area contributed by atoms with Gasteiger partial charge < -0.3 is 10.1 Å². The molecule has 0 aliphatic rings. The van der Waals surface area contributed by atoms with Crippen LogP contribution in [0.25, 0.3) is 4.96 Å². The monoisotopic (exact) mass is 326 g/mol. The lowest BCUT2D eigenvalue weighted by Gasteiger charge is -2.03. The Balaban J connectivity index is 1.62. The molecule has 4 rings (SSSR count). The molecule has 0 amide bonds. The summed E-state index contributed by atoms with van der Waals surface area (Å²) in [6, 6.07) is 15.6. The maximum atomic E-state index is 13.3. The summed E-state index contributed by atoms with van der Waals surface area (Å²) in [5.41, 5.74) is 0.630. The molecular formula is C16H11FN4OS. The topological polar surface area (TPSA) is 51.5 Å². The summed E-state index contributed by atoms with van der Waals surface area (Å²) in [7, 11) is 0. The third-order valence-corrected chi connectivity index (χ3v) is 3.91. The number of para-hydroxylation sites is 1. The van der Waals surface area contributed by atoms with E-state index in [-0.39, 0.29) is 5.82 Å². The lowest BCUT2D eigenvalue weighted by atomic mass is 10.3. The second-order valence-electron chi connectivity index (χ2n) is 4.76. The first-order valence-electron chi connectivity index (χ1n) is 6.88. The number of benzene rings is 2. The minimum Gasteiger partial charge on any atom is -0.430 e. The molecule has 0 saturated carbocycles. The van der Waals surface area contributed by atoms with Crippen molar-refractivity contribution in [1.29, 1.82) is 0 Å². The van der Waals surface area contributed by atoms with Gasteiger partial charge in [-0.25, -0.2) is 9.37 Å². The standard InChI is InChI=1S/C16H11FN4OS/c17-11-5-4-6-12(9-11)19-14-10-18-15-21(14)20-16(23-15)22-13-7-2-1-3-8-13/h1-10,19H. The number of nitrogens with zero attached hydrogens (tertiary/aromatic N) is 3. The van der Waals surface area contributed by atoms with Crippen LogP contribution in [0.4, 0.5) is 15.9 Å². The van der Waals surface area contributed by atoms with Crippen LogP contribution in [0, 0.1) is 5.82 Å². The number of nitrogens with one attached hydrogen (secondary N) is 1. The Bertz CT molecular complexity index is 951. The molecule has 4 aromatic rings. The van der Waals surface area contributed by atoms with E-state index in [0.29, 0.717) is 27.4 Å². The molecule has 0 atom stereocenters. The van der Waals surface area contributed by atoms with E-state index in [4.69, 9.17) is 4.74 Å². The number of halogens is 1. The summed E-state index contributed by atoms with van der Waals surface area (Å²) in [5, 5.41) is 7.96. The van der Waals surface area contributed by atoms with Gasteiger partial charge >= 0.3 is 0 Å². The van der Waals surface area contributed by atoms with Gasteiger partial charge in [0, 0.05) is 5.69 Å². The molecule has 0 spiro atoms. The second-order valence-corrected chi connectivity index (χ2v) is 5.67. The maximum absolute atomic E-state index is 13.3. The van der Waals surface area contributed by atoms with Crippen LogP contribution in [0.1, 0.15) is 0 Å². The summed E-state index contributed by atoms with van der Waals surface area (Å²) in [4.78, 5) is 4.97. The van der Waals surface area contributed by atoms with E-state index in [1.807, 2.05) is 30.3 Å². The summed E-state index contributed by atoms with van der Waals surface area (Å²) in [6.45, 7) is 0. The summed E-state index contributed by atoms with van der Waals surface area (Å²) in [5.74, 6) is 1.05. The van der Waals surface area contributed by atoms with Crippen molar-refractivity contribution in [2.24, 2.45) is 0 Å². The van der Waals surface area contributed by atoms with Crippen molar-refractivity contribution in [2.45, 2.75) is 0 Å². The zero-order valence-electron chi connectivity index (χ0n) is 11.8. The highest BCUT2D eigenvalue weighted by molar-refractivity contribution is 7.18.